The molecule has 0 bridgehead atoms. The Morgan fingerprint density at radius 3 is 2.48 bits per heavy atom. The van der Waals surface area contributed by atoms with Gasteiger partial charge < -0.3 is 13.7 Å². The van der Waals surface area contributed by atoms with Crippen LogP contribution in [0.4, 0.5) is 5.88 Å². The van der Waals surface area contributed by atoms with Crippen molar-refractivity contribution in [3.05, 3.63) is 47.2 Å². The summed E-state index contributed by atoms with van der Waals surface area (Å²) in [5.41, 5.74) is 2.75. The number of esters is 1. The van der Waals surface area contributed by atoms with Crippen LogP contribution >= 0.6 is 0 Å². The number of nitrogens with one attached hydrogen (secondary N) is 1. The van der Waals surface area contributed by atoms with E-state index < -0.39 is 18.0 Å². The standard InChI is InChI=1S/C23H25N5O5/c1-11(2)28-21-18(10-24-28)17(9-19(25-21)16-8-13(4)31-14(16)5)23(30)32-15(6)22(29)26-20-7-12(3)27-33-20/h7-11,15H,1-6H3,(H,26,29). The number of anilines is 1. The Hall–Kier alpha value is -3.95. The summed E-state index contributed by atoms with van der Waals surface area (Å²) in [5, 5.41) is 11.2. The topological polar surface area (TPSA) is 125 Å². The normalized spacial score (nSPS) is 12.3. The SMILES string of the molecule is Cc1cc(NC(=O)C(C)OC(=O)c2cc(-c3cc(C)oc3C)nc3c2cnn3C(C)C)on1. The van der Waals surface area contributed by atoms with Crippen LogP contribution in [0.2, 0.25) is 0 Å². The summed E-state index contributed by atoms with van der Waals surface area (Å²) in [6.45, 7) is 10.8. The maximum atomic E-state index is 13.2. The van der Waals surface area contributed by atoms with E-state index in [4.69, 9.17) is 18.7 Å². The third-order valence-electron chi connectivity index (χ3n) is 5.12. The summed E-state index contributed by atoms with van der Waals surface area (Å²) in [6.07, 6.45) is 0.505. The molecule has 4 aromatic heterocycles. The largest absolute Gasteiger partial charge is 0.466 e. The molecule has 0 aliphatic carbocycles. The van der Waals surface area contributed by atoms with Crippen molar-refractivity contribution in [1.82, 2.24) is 19.9 Å². The minimum atomic E-state index is -1.08. The Morgan fingerprint density at radius 2 is 1.88 bits per heavy atom. The molecule has 0 radical (unpaired) electrons. The molecule has 4 heterocycles. The third-order valence-corrected chi connectivity index (χ3v) is 5.12. The highest BCUT2D eigenvalue weighted by atomic mass is 16.5. The molecule has 0 fully saturated rings. The van der Waals surface area contributed by atoms with Gasteiger partial charge in [-0.1, -0.05) is 5.16 Å². The lowest BCUT2D eigenvalue weighted by Gasteiger charge is -2.14. The van der Waals surface area contributed by atoms with E-state index in [2.05, 4.69) is 15.6 Å². The summed E-state index contributed by atoms with van der Waals surface area (Å²) >= 11 is 0. The quantitative estimate of drug-likeness (QED) is 0.428. The van der Waals surface area contributed by atoms with Crippen LogP contribution in [0.3, 0.4) is 0 Å². The van der Waals surface area contributed by atoms with Gasteiger partial charge in [-0.25, -0.2) is 14.5 Å². The number of nitrogens with zero attached hydrogens (tertiary/aromatic N) is 4. The van der Waals surface area contributed by atoms with Crippen molar-refractivity contribution in [1.29, 1.82) is 0 Å². The van der Waals surface area contributed by atoms with Gasteiger partial charge in [-0.3, -0.25) is 10.1 Å². The van der Waals surface area contributed by atoms with Crippen molar-refractivity contribution in [3.63, 3.8) is 0 Å². The lowest BCUT2D eigenvalue weighted by molar-refractivity contribution is -0.123. The summed E-state index contributed by atoms with van der Waals surface area (Å²) < 4.78 is 17.9. The van der Waals surface area contributed by atoms with E-state index in [1.165, 1.54) is 6.92 Å². The number of aryl methyl sites for hydroxylation is 3. The van der Waals surface area contributed by atoms with Crippen LogP contribution in [0.15, 0.2) is 33.3 Å². The molecule has 172 valence electrons. The molecular formula is C23H25N5O5. The van der Waals surface area contributed by atoms with Crippen LogP contribution in [0.5, 0.6) is 0 Å². The highest BCUT2D eigenvalue weighted by Crippen LogP contribution is 2.30. The average Bonchev–Trinajstić information content (AvgIpc) is 3.45. The molecular weight excluding hydrogens is 426 g/mol. The van der Waals surface area contributed by atoms with Gasteiger partial charge >= 0.3 is 5.97 Å². The zero-order chi connectivity index (χ0) is 23.9. The van der Waals surface area contributed by atoms with Crippen LogP contribution in [-0.4, -0.2) is 37.9 Å². The molecule has 1 N–H and O–H groups in total. The van der Waals surface area contributed by atoms with Gasteiger partial charge in [0, 0.05) is 17.7 Å². The number of ether oxygens (including phenoxy) is 1. The minimum absolute atomic E-state index is 0.0244. The summed E-state index contributed by atoms with van der Waals surface area (Å²) in [4.78, 5) is 30.4. The maximum Gasteiger partial charge on any atom is 0.339 e. The van der Waals surface area contributed by atoms with Crippen molar-refractivity contribution >= 4 is 28.8 Å². The first-order chi connectivity index (χ1) is 15.6. The maximum absolute atomic E-state index is 13.2. The van der Waals surface area contributed by atoms with Crippen molar-refractivity contribution in [2.75, 3.05) is 5.32 Å². The number of fused-ring (bicyclic) bond motifs is 1. The van der Waals surface area contributed by atoms with Crippen molar-refractivity contribution in [3.8, 4) is 11.3 Å². The number of hydrogen-bond donors (Lipinski definition) is 1. The number of rotatable bonds is 6. The molecule has 0 saturated heterocycles. The molecule has 0 spiro atoms. The number of furan rings is 1. The molecule has 0 aliphatic rings. The zero-order valence-electron chi connectivity index (χ0n) is 19.3. The molecule has 10 nitrogen and oxygen atoms in total. The van der Waals surface area contributed by atoms with Gasteiger partial charge in [0.1, 0.15) is 11.5 Å². The first-order valence-corrected chi connectivity index (χ1v) is 10.5. The zero-order valence-corrected chi connectivity index (χ0v) is 19.3. The molecule has 1 unspecified atom stereocenters. The molecule has 4 rings (SSSR count). The molecule has 10 heteroatoms. The lowest BCUT2D eigenvalue weighted by atomic mass is 10.1. The number of hydrogen-bond acceptors (Lipinski definition) is 8. The first-order valence-electron chi connectivity index (χ1n) is 10.5. The summed E-state index contributed by atoms with van der Waals surface area (Å²) in [5.74, 6) is 0.395. The fourth-order valence-corrected chi connectivity index (χ4v) is 3.51. The number of pyridine rings is 1. The Balaban J connectivity index is 1.68. The van der Waals surface area contributed by atoms with E-state index in [1.807, 2.05) is 33.8 Å². The molecule has 0 saturated carbocycles. The Kier molecular flexibility index (Phi) is 5.75. The predicted octanol–water partition coefficient (Wildman–Crippen LogP) is 4.37. The number of carbonyl (C=O) groups excluding carboxylic acids is 2. The van der Waals surface area contributed by atoms with Crippen LogP contribution in [0, 0.1) is 20.8 Å². The molecule has 0 aromatic carbocycles. The smallest absolute Gasteiger partial charge is 0.339 e. The van der Waals surface area contributed by atoms with Crippen molar-refractivity contribution < 1.29 is 23.3 Å². The second kappa shape index (κ2) is 8.53. The summed E-state index contributed by atoms with van der Waals surface area (Å²) in [7, 11) is 0. The van der Waals surface area contributed by atoms with E-state index in [1.54, 1.807) is 29.9 Å². The van der Waals surface area contributed by atoms with Crippen LogP contribution in [0.1, 0.15) is 54.4 Å². The fraction of sp³-hybridized carbons (Fsp3) is 0.348. The Bertz CT molecular complexity index is 1350. The van der Waals surface area contributed by atoms with E-state index in [9.17, 15) is 9.59 Å². The molecule has 1 atom stereocenters. The Morgan fingerprint density at radius 1 is 1.12 bits per heavy atom. The monoisotopic (exact) mass is 451 g/mol. The van der Waals surface area contributed by atoms with E-state index in [0.717, 1.165) is 11.3 Å². The highest BCUT2D eigenvalue weighted by molar-refractivity contribution is 6.05. The van der Waals surface area contributed by atoms with E-state index >= 15 is 0 Å². The average molecular weight is 451 g/mol. The van der Waals surface area contributed by atoms with Gasteiger partial charge in [-0.15, -0.1) is 0 Å². The minimum Gasteiger partial charge on any atom is -0.466 e. The van der Waals surface area contributed by atoms with Crippen molar-refractivity contribution in [2.45, 2.75) is 53.7 Å². The van der Waals surface area contributed by atoms with Gasteiger partial charge in [-0.2, -0.15) is 5.10 Å². The van der Waals surface area contributed by atoms with Crippen LogP contribution < -0.4 is 5.32 Å². The van der Waals surface area contributed by atoms with Crippen LogP contribution in [0.25, 0.3) is 22.3 Å². The van der Waals surface area contributed by atoms with Crippen LogP contribution in [-0.2, 0) is 9.53 Å². The first kappa shape index (κ1) is 22.3. The number of aromatic nitrogens is 4. The van der Waals surface area contributed by atoms with Crippen molar-refractivity contribution in [2.24, 2.45) is 0 Å². The van der Waals surface area contributed by atoms with Gasteiger partial charge in [0.25, 0.3) is 5.91 Å². The lowest BCUT2D eigenvalue weighted by Crippen LogP contribution is -2.30. The molecule has 4 aromatic rings. The summed E-state index contributed by atoms with van der Waals surface area (Å²) in [6, 6.07) is 5.10. The van der Waals surface area contributed by atoms with Gasteiger partial charge in [-0.05, 0) is 53.7 Å². The number of carbonyl (C=O) groups is 2. The van der Waals surface area contributed by atoms with E-state index in [-0.39, 0.29) is 17.5 Å². The predicted molar refractivity (Wildman–Crippen MR) is 120 cm³/mol. The fourth-order valence-electron chi connectivity index (χ4n) is 3.51. The van der Waals surface area contributed by atoms with Gasteiger partial charge in [0.2, 0.25) is 5.88 Å². The highest BCUT2D eigenvalue weighted by Gasteiger charge is 2.25. The van der Waals surface area contributed by atoms with Gasteiger partial charge in [0.05, 0.1) is 28.5 Å². The van der Waals surface area contributed by atoms with E-state index in [0.29, 0.717) is 28.2 Å². The molecule has 33 heavy (non-hydrogen) atoms. The number of amides is 1. The molecule has 0 aliphatic heterocycles. The Labute approximate surface area is 189 Å². The third kappa shape index (κ3) is 4.36. The second-order valence-corrected chi connectivity index (χ2v) is 8.17. The van der Waals surface area contributed by atoms with Gasteiger partial charge in [0.15, 0.2) is 11.8 Å². The second-order valence-electron chi connectivity index (χ2n) is 8.17. The molecule has 1 amide bonds.